The average molecular weight is 566 g/mol. The lowest BCUT2D eigenvalue weighted by molar-refractivity contribution is -0.139. The summed E-state index contributed by atoms with van der Waals surface area (Å²) in [5.41, 5.74) is 2.81. The van der Waals surface area contributed by atoms with E-state index in [9.17, 15) is 18.0 Å². The fraction of sp³-hybridized carbons (Fsp3) is 0.355. The number of nitrogens with one attached hydrogen (secondary N) is 1. The fourth-order valence-electron chi connectivity index (χ4n) is 4.24. The third kappa shape index (κ3) is 7.41. The maximum atomic E-state index is 14.1. The molecule has 0 bridgehead atoms. The standard InChI is InChI=1S/C31H39N3O5S/c1-22(2)19-32-31(36)25(5)33(20-26-13-11-14-27(18-26)39-6)30(35)21-34(29-17-10-12-23(3)24(29)4)40(37,38)28-15-8-7-9-16-28/h7-18,22,25H,19-21H2,1-6H3,(H,32,36). The van der Waals surface area contributed by atoms with E-state index in [2.05, 4.69) is 5.32 Å². The largest absolute Gasteiger partial charge is 0.497 e. The number of hydrogen-bond donors (Lipinski definition) is 1. The Morgan fingerprint density at radius 1 is 0.925 bits per heavy atom. The number of ether oxygens (including phenoxy) is 1. The first-order valence-corrected chi connectivity index (χ1v) is 14.7. The Kier molecular flexibility index (Phi) is 10.3. The van der Waals surface area contributed by atoms with E-state index >= 15 is 0 Å². The molecule has 3 rings (SSSR count). The van der Waals surface area contributed by atoms with Gasteiger partial charge in [-0.3, -0.25) is 13.9 Å². The molecule has 0 fully saturated rings. The Morgan fingerprint density at radius 3 is 2.25 bits per heavy atom. The van der Waals surface area contributed by atoms with Gasteiger partial charge >= 0.3 is 0 Å². The number of carbonyl (C=O) groups excluding carboxylic acids is 2. The average Bonchev–Trinajstić information content (AvgIpc) is 2.95. The molecule has 8 nitrogen and oxygen atoms in total. The van der Waals surface area contributed by atoms with Crippen molar-refractivity contribution in [3.05, 3.63) is 89.5 Å². The number of anilines is 1. The van der Waals surface area contributed by atoms with E-state index in [1.165, 1.54) is 17.0 Å². The fourth-order valence-corrected chi connectivity index (χ4v) is 5.73. The summed E-state index contributed by atoms with van der Waals surface area (Å²) < 4.78 is 34.4. The normalized spacial score (nSPS) is 12.1. The number of nitrogens with zero attached hydrogens (tertiary/aromatic N) is 2. The third-order valence-corrected chi connectivity index (χ3v) is 8.57. The zero-order valence-electron chi connectivity index (χ0n) is 24.0. The van der Waals surface area contributed by atoms with Crippen LogP contribution < -0.4 is 14.4 Å². The highest BCUT2D eigenvalue weighted by Gasteiger charge is 2.33. The van der Waals surface area contributed by atoms with E-state index in [0.717, 1.165) is 21.0 Å². The topological polar surface area (TPSA) is 96.0 Å². The molecule has 0 spiro atoms. The van der Waals surface area contributed by atoms with E-state index in [4.69, 9.17) is 4.74 Å². The van der Waals surface area contributed by atoms with Gasteiger partial charge < -0.3 is 15.0 Å². The van der Waals surface area contributed by atoms with Gasteiger partial charge in [-0.2, -0.15) is 0 Å². The molecule has 3 aromatic rings. The van der Waals surface area contributed by atoms with Gasteiger partial charge in [-0.05, 0) is 73.7 Å². The van der Waals surface area contributed by atoms with Gasteiger partial charge in [-0.15, -0.1) is 0 Å². The van der Waals surface area contributed by atoms with Crippen molar-refractivity contribution in [3.8, 4) is 5.75 Å². The molecule has 0 aliphatic carbocycles. The van der Waals surface area contributed by atoms with Crippen LogP contribution in [-0.4, -0.2) is 51.4 Å². The molecule has 1 atom stereocenters. The van der Waals surface area contributed by atoms with Crippen LogP contribution in [0.1, 0.15) is 37.5 Å². The van der Waals surface area contributed by atoms with E-state index in [1.54, 1.807) is 56.5 Å². The SMILES string of the molecule is COc1cccc(CN(C(=O)CN(c2cccc(C)c2C)S(=O)(=O)c2ccccc2)C(C)C(=O)NCC(C)C)c1. The minimum Gasteiger partial charge on any atom is -0.497 e. The molecule has 0 radical (unpaired) electrons. The molecule has 214 valence electrons. The van der Waals surface area contributed by atoms with Crippen molar-refractivity contribution in [2.75, 3.05) is 24.5 Å². The molecule has 2 amide bonds. The lowest BCUT2D eigenvalue weighted by Gasteiger charge is -2.32. The van der Waals surface area contributed by atoms with Crippen LogP contribution in [-0.2, 0) is 26.2 Å². The highest BCUT2D eigenvalue weighted by molar-refractivity contribution is 7.92. The first-order chi connectivity index (χ1) is 18.9. The summed E-state index contributed by atoms with van der Waals surface area (Å²) in [5.74, 6) is 0.0320. The lowest BCUT2D eigenvalue weighted by atomic mass is 10.1. The van der Waals surface area contributed by atoms with Gasteiger partial charge in [0.1, 0.15) is 18.3 Å². The predicted octanol–water partition coefficient (Wildman–Crippen LogP) is 4.70. The highest BCUT2D eigenvalue weighted by atomic mass is 32.2. The molecular weight excluding hydrogens is 526 g/mol. The molecule has 0 saturated heterocycles. The number of rotatable bonds is 12. The molecule has 1 unspecified atom stereocenters. The minimum atomic E-state index is -4.11. The molecule has 40 heavy (non-hydrogen) atoms. The van der Waals surface area contributed by atoms with Crippen LogP contribution in [0.5, 0.6) is 5.75 Å². The number of carbonyl (C=O) groups is 2. The molecule has 9 heteroatoms. The Balaban J connectivity index is 2.05. The van der Waals surface area contributed by atoms with Crippen LogP contribution in [0, 0.1) is 19.8 Å². The van der Waals surface area contributed by atoms with Crippen molar-refractivity contribution < 1.29 is 22.7 Å². The summed E-state index contributed by atoms with van der Waals surface area (Å²) in [6, 6.07) is 19.8. The zero-order chi connectivity index (χ0) is 29.4. The van der Waals surface area contributed by atoms with Crippen molar-refractivity contribution in [1.82, 2.24) is 10.2 Å². The van der Waals surface area contributed by atoms with Gasteiger partial charge in [-0.25, -0.2) is 8.42 Å². The molecule has 3 aromatic carbocycles. The van der Waals surface area contributed by atoms with E-state index in [0.29, 0.717) is 18.0 Å². The summed E-state index contributed by atoms with van der Waals surface area (Å²) in [4.78, 5) is 28.7. The maximum absolute atomic E-state index is 14.1. The maximum Gasteiger partial charge on any atom is 0.264 e. The van der Waals surface area contributed by atoms with Gasteiger partial charge in [0.15, 0.2) is 0 Å². The molecule has 1 N–H and O–H groups in total. The predicted molar refractivity (Wildman–Crippen MR) is 158 cm³/mol. The number of methoxy groups -OCH3 is 1. The smallest absolute Gasteiger partial charge is 0.264 e. The van der Waals surface area contributed by atoms with Gasteiger partial charge in [0.2, 0.25) is 11.8 Å². The van der Waals surface area contributed by atoms with Gasteiger partial charge in [0, 0.05) is 13.1 Å². The molecule has 0 aliphatic heterocycles. The van der Waals surface area contributed by atoms with Crippen molar-refractivity contribution >= 4 is 27.5 Å². The monoisotopic (exact) mass is 565 g/mol. The molecule has 0 aromatic heterocycles. The second-order valence-electron chi connectivity index (χ2n) is 10.2. The first-order valence-electron chi connectivity index (χ1n) is 13.3. The summed E-state index contributed by atoms with van der Waals surface area (Å²) in [7, 11) is -2.55. The number of benzene rings is 3. The van der Waals surface area contributed by atoms with Crippen molar-refractivity contribution in [3.63, 3.8) is 0 Å². The molecule has 0 heterocycles. The van der Waals surface area contributed by atoms with E-state index < -0.39 is 28.5 Å². The first kappa shape index (κ1) is 30.7. The second-order valence-corrected chi connectivity index (χ2v) is 12.1. The summed E-state index contributed by atoms with van der Waals surface area (Å²) in [6.45, 7) is 9.43. The number of hydrogen-bond acceptors (Lipinski definition) is 5. The van der Waals surface area contributed by atoms with Crippen LogP contribution in [0.2, 0.25) is 0 Å². The van der Waals surface area contributed by atoms with Crippen LogP contribution >= 0.6 is 0 Å². The van der Waals surface area contributed by atoms with Crippen LogP contribution in [0.25, 0.3) is 0 Å². The third-order valence-electron chi connectivity index (χ3n) is 6.79. The Bertz CT molecular complexity index is 1420. The molecule has 0 saturated carbocycles. The van der Waals surface area contributed by atoms with Crippen molar-refractivity contribution in [2.24, 2.45) is 5.92 Å². The Hall–Kier alpha value is -3.85. The summed E-state index contributed by atoms with van der Waals surface area (Å²) in [6.07, 6.45) is 0. The Labute approximate surface area is 238 Å². The summed E-state index contributed by atoms with van der Waals surface area (Å²) in [5, 5.41) is 2.89. The van der Waals surface area contributed by atoms with Crippen LogP contribution in [0.3, 0.4) is 0 Å². The second kappa shape index (κ2) is 13.5. The highest BCUT2D eigenvalue weighted by Crippen LogP contribution is 2.29. The van der Waals surface area contributed by atoms with Gasteiger partial charge in [0.05, 0.1) is 17.7 Å². The van der Waals surface area contributed by atoms with Crippen molar-refractivity contribution in [2.45, 2.75) is 52.1 Å². The van der Waals surface area contributed by atoms with Crippen LogP contribution in [0.15, 0.2) is 77.7 Å². The molecular formula is C31H39N3O5S. The van der Waals surface area contributed by atoms with Gasteiger partial charge in [0.25, 0.3) is 10.0 Å². The van der Waals surface area contributed by atoms with Crippen molar-refractivity contribution in [1.29, 1.82) is 0 Å². The molecule has 0 aliphatic rings. The number of sulfonamides is 1. The van der Waals surface area contributed by atoms with E-state index in [1.807, 2.05) is 45.9 Å². The van der Waals surface area contributed by atoms with E-state index in [-0.39, 0.29) is 23.3 Å². The zero-order valence-corrected chi connectivity index (χ0v) is 24.9. The lowest BCUT2D eigenvalue weighted by Crippen LogP contribution is -2.51. The number of amides is 2. The number of aryl methyl sites for hydroxylation is 1. The van der Waals surface area contributed by atoms with Crippen LogP contribution in [0.4, 0.5) is 5.69 Å². The quantitative estimate of drug-likeness (QED) is 0.344. The Morgan fingerprint density at radius 2 is 1.60 bits per heavy atom. The summed E-state index contributed by atoms with van der Waals surface area (Å²) >= 11 is 0. The van der Waals surface area contributed by atoms with Gasteiger partial charge in [-0.1, -0.05) is 56.3 Å². The minimum absolute atomic E-state index is 0.0748.